The maximum atomic E-state index is 13.1. The van der Waals surface area contributed by atoms with E-state index in [0.29, 0.717) is 11.5 Å². The van der Waals surface area contributed by atoms with Gasteiger partial charge >= 0.3 is 6.03 Å². The van der Waals surface area contributed by atoms with E-state index in [1.54, 1.807) is 6.92 Å². The number of rotatable bonds is 5. The lowest BCUT2D eigenvalue weighted by Gasteiger charge is -2.27. The number of nitrogens with zero attached hydrogens (tertiary/aromatic N) is 1. The van der Waals surface area contributed by atoms with Gasteiger partial charge in [-0.15, -0.1) is 0 Å². The second kappa shape index (κ2) is 8.17. The lowest BCUT2D eigenvalue weighted by molar-refractivity contribution is -0.135. The molecule has 4 amide bonds. The predicted molar refractivity (Wildman–Crippen MR) is 118 cm³/mol. The largest absolute Gasteiger partial charge is 0.348 e. The highest BCUT2D eigenvalue weighted by molar-refractivity contribution is 6.09. The summed E-state index contributed by atoms with van der Waals surface area (Å²) in [5.41, 5.74) is 3.05. The van der Waals surface area contributed by atoms with E-state index < -0.39 is 17.5 Å². The van der Waals surface area contributed by atoms with Crippen molar-refractivity contribution in [3.8, 4) is 0 Å². The van der Waals surface area contributed by atoms with Crippen LogP contribution in [0.2, 0.25) is 0 Å². The number of hydrogen-bond donors (Lipinski definition) is 2. The first-order valence-electron chi connectivity index (χ1n) is 10.9. The Morgan fingerprint density at radius 3 is 2.58 bits per heavy atom. The predicted octanol–water partition coefficient (Wildman–Crippen LogP) is 3.77. The van der Waals surface area contributed by atoms with Crippen LogP contribution in [0.25, 0.3) is 0 Å². The minimum Gasteiger partial charge on any atom is -0.348 e. The number of aryl methyl sites for hydroxylation is 1. The quantitative estimate of drug-likeness (QED) is 0.724. The van der Waals surface area contributed by atoms with Gasteiger partial charge in [-0.1, -0.05) is 62.4 Å². The summed E-state index contributed by atoms with van der Waals surface area (Å²) >= 11 is 0. The molecule has 162 valence electrons. The number of nitrogens with one attached hydrogen (secondary N) is 2. The summed E-state index contributed by atoms with van der Waals surface area (Å²) in [5, 5.41) is 5.79. The van der Waals surface area contributed by atoms with Gasteiger partial charge in [0, 0.05) is 0 Å². The van der Waals surface area contributed by atoms with Crippen LogP contribution in [-0.2, 0) is 21.5 Å². The number of amides is 4. The minimum atomic E-state index is -1.18. The molecule has 1 aliphatic heterocycles. The van der Waals surface area contributed by atoms with Crippen molar-refractivity contribution in [2.24, 2.45) is 0 Å². The highest BCUT2D eigenvalue weighted by atomic mass is 16.2. The van der Waals surface area contributed by atoms with Gasteiger partial charge < -0.3 is 10.6 Å². The van der Waals surface area contributed by atoms with Crippen molar-refractivity contribution >= 4 is 17.8 Å². The van der Waals surface area contributed by atoms with Gasteiger partial charge in [-0.2, -0.15) is 0 Å². The van der Waals surface area contributed by atoms with Gasteiger partial charge in [-0.25, -0.2) is 4.79 Å². The molecule has 6 heteroatoms. The number of benzene rings is 2. The SMILES string of the molecule is CC(C)c1ccc([C@@]2(C)NC(=O)N(CC(=O)N[C@@H]3CCCc4ccccc43)C2=O)cc1. The highest BCUT2D eigenvalue weighted by Gasteiger charge is 2.49. The third-order valence-electron chi connectivity index (χ3n) is 6.44. The zero-order valence-electron chi connectivity index (χ0n) is 18.3. The molecule has 2 aromatic carbocycles. The second-order valence-electron chi connectivity index (χ2n) is 8.93. The Morgan fingerprint density at radius 1 is 1.16 bits per heavy atom. The topological polar surface area (TPSA) is 78.5 Å². The van der Waals surface area contributed by atoms with Crippen LogP contribution in [0.1, 0.15) is 67.8 Å². The molecule has 1 fully saturated rings. The Hall–Kier alpha value is -3.15. The zero-order valence-corrected chi connectivity index (χ0v) is 18.3. The fourth-order valence-electron chi connectivity index (χ4n) is 4.53. The average molecular weight is 420 g/mol. The number of carbonyl (C=O) groups excluding carboxylic acids is 3. The molecule has 1 saturated heterocycles. The van der Waals surface area contributed by atoms with Crippen LogP contribution in [-0.4, -0.2) is 29.3 Å². The van der Waals surface area contributed by atoms with Crippen molar-refractivity contribution in [2.75, 3.05) is 6.54 Å². The third kappa shape index (κ3) is 3.94. The molecule has 6 nitrogen and oxygen atoms in total. The van der Waals surface area contributed by atoms with Crippen LogP contribution < -0.4 is 10.6 Å². The van der Waals surface area contributed by atoms with Crippen LogP contribution >= 0.6 is 0 Å². The third-order valence-corrected chi connectivity index (χ3v) is 6.44. The molecule has 4 rings (SSSR count). The first kappa shape index (κ1) is 21.1. The second-order valence-corrected chi connectivity index (χ2v) is 8.93. The van der Waals surface area contributed by atoms with Gasteiger partial charge in [0.1, 0.15) is 12.1 Å². The summed E-state index contributed by atoms with van der Waals surface area (Å²) < 4.78 is 0. The first-order chi connectivity index (χ1) is 14.8. The standard InChI is InChI=1S/C25H29N3O3/c1-16(2)17-11-13-19(14-12-17)25(3)23(30)28(24(31)27-25)15-22(29)26-21-10-6-8-18-7-4-5-9-20(18)21/h4-5,7,9,11-14,16,21H,6,8,10,15H2,1-3H3,(H,26,29)(H,27,31)/t21-,25-/m1/s1. The Bertz CT molecular complexity index is 1010. The van der Waals surface area contributed by atoms with Crippen LogP contribution in [0.3, 0.4) is 0 Å². The Morgan fingerprint density at radius 2 is 1.87 bits per heavy atom. The molecule has 0 bridgehead atoms. The van der Waals surface area contributed by atoms with E-state index in [9.17, 15) is 14.4 Å². The normalized spacial score (nSPS) is 23.0. The number of imide groups is 1. The van der Waals surface area contributed by atoms with E-state index in [4.69, 9.17) is 0 Å². The minimum absolute atomic E-state index is 0.0897. The van der Waals surface area contributed by atoms with Crippen LogP contribution in [0.15, 0.2) is 48.5 Å². The lowest BCUT2D eigenvalue weighted by Crippen LogP contribution is -2.44. The molecule has 2 aliphatic rings. The molecular weight excluding hydrogens is 390 g/mol. The summed E-state index contributed by atoms with van der Waals surface area (Å²) in [6, 6.07) is 15.1. The molecule has 2 aromatic rings. The van der Waals surface area contributed by atoms with Gasteiger partial charge in [0.15, 0.2) is 0 Å². The number of carbonyl (C=O) groups is 3. The van der Waals surface area contributed by atoms with Crippen molar-refractivity contribution in [2.45, 2.75) is 57.5 Å². The van der Waals surface area contributed by atoms with Crippen LogP contribution in [0, 0.1) is 0 Å². The maximum Gasteiger partial charge on any atom is 0.325 e. The Labute approximate surface area is 183 Å². The summed E-state index contributed by atoms with van der Waals surface area (Å²) in [6.07, 6.45) is 2.85. The summed E-state index contributed by atoms with van der Waals surface area (Å²) in [4.78, 5) is 39.5. The van der Waals surface area contributed by atoms with E-state index in [-0.39, 0.29) is 18.5 Å². The Balaban J connectivity index is 1.46. The molecular formula is C25H29N3O3. The molecule has 1 aliphatic carbocycles. The molecule has 0 saturated carbocycles. The van der Waals surface area contributed by atoms with Gasteiger partial charge in [0.25, 0.3) is 5.91 Å². The van der Waals surface area contributed by atoms with Crippen molar-refractivity contribution in [1.82, 2.24) is 15.5 Å². The van der Waals surface area contributed by atoms with Crippen molar-refractivity contribution in [1.29, 1.82) is 0 Å². The molecule has 0 unspecified atom stereocenters. The molecule has 2 N–H and O–H groups in total. The summed E-state index contributed by atoms with van der Waals surface area (Å²) in [7, 11) is 0. The van der Waals surface area contributed by atoms with E-state index in [1.807, 2.05) is 42.5 Å². The summed E-state index contributed by atoms with van der Waals surface area (Å²) in [5.74, 6) is -0.362. The molecule has 0 spiro atoms. The molecule has 31 heavy (non-hydrogen) atoms. The Kier molecular flexibility index (Phi) is 5.56. The first-order valence-corrected chi connectivity index (χ1v) is 10.9. The van der Waals surface area contributed by atoms with Crippen molar-refractivity contribution in [3.05, 3.63) is 70.8 Å². The van der Waals surface area contributed by atoms with E-state index in [0.717, 1.165) is 35.3 Å². The highest BCUT2D eigenvalue weighted by Crippen LogP contribution is 2.31. The van der Waals surface area contributed by atoms with Crippen molar-refractivity contribution in [3.63, 3.8) is 0 Å². The summed E-state index contributed by atoms with van der Waals surface area (Å²) in [6.45, 7) is 5.60. The van der Waals surface area contributed by atoms with Gasteiger partial charge in [0.05, 0.1) is 6.04 Å². The van der Waals surface area contributed by atoms with Crippen molar-refractivity contribution < 1.29 is 14.4 Å². The van der Waals surface area contributed by atoms with Gasteiger partial charge in [-0.05, 0) is 54.4 Å². The zero-order chi connectivity index (χ0) is 22.2. The van der Waals surface area contributed by atoms with Gasteiger partial charge in [-0.3, -0.25) is 14.5 Å². The maximum absolute atomic E-state index is 13.1. The van der Waals surface area contributed by atoms with Crippen LogP contribution in [0.4, 0.5) is 4.79 Å². The molecule has 0 aromatic heterocycles. The monoisotopic (exact) mass is 419 g/mol. The van der Waals surface area contributed by atoms with Crippen LogP contribution in [0.5, 0.6) is 0 Å². The molecule has 1 heterocycles. The number of fused-ring (bicyclic) bond motifs is 1. The van der Waals surface area contributed by atoms with Gasteiger partial charge in [0.2, 0.25) is 5.91 Å². The van der Waals surface area contributed by atoms with E-state index in [2.05, 4.69) is 30.5 Å². The number of urea groups is 1. The fraction of sp³-hybridized carbons (Fsp3) is 0.400. The van der Waals surface area contributed by atoms with E-state index >= 15 is 0 Å². The smallest absolute Gasteiger partial charge is 0.325 e. The number of hydrogen-bond acceptors (Lipinski definition) is 3. The van der Waals surface area contributed by atoms with E-state index in [1.165, 1.54) is 5.56 Å². The lowest BCUT2D eigenvalue weighted by atomic mass is 9.88. The molecule has 0 radical (unpaired) electrons. The molecule has 2 atom stereocenters. The average Bonchev–Trinajstić information content (AvgIpc) is 2.98. The fourth-order valence-corrected chi connectivity index (χ4v) is 4.53.